The van der Waals surface area contributed by atoms with Crippen LogP contribution in [0.15, 0.2) is 18.2 Å². The van der Waals surface area contributed by atoms with E-state index in [0.717, 1.165) is 0 Å². The highest BCUT2D eigenvalue weighted by Crippen LogP contribution is 2.21. The van der Waals surface area contributed by atoms with Gasteiger partial charge in [-0.25, -0.2) is 0 Å². The lowest BCUT2D eigenvalue weighted by molar-refractivity contribution is -0.385. The first-order valence-corrected chi connectivity index (χ1v) is 6.12. The summed E-state index contributed by atoms with van der Waals surface area (Å²) in [5, 5.41) is 19.7. The second-order valence-electron chi connectivity index (χ2n) is 4.19. The number of aliphatic hydroxyl groups is 1. The lowest BCUT2D eigenvalue weighted by atomic mass is 10.0. The van der Waals surface area contributed by atoms with Crippen molar-refractivity contribution < 1.29 is 14.8 Å². The van der Waals surface area contributed by atoms with E-state index in [9.17, 15) is 14.9 Å². The van der Waals surface area contributed by atoms with E-state index in [1.54, 1.807) is 19.1 Å². The van der Waals surface area contributed by atoms with Crippen molar-refractivity contribution in [1.82, 2.24) is 4.90 Å². The summed E-state index contributed by atoms with van der Waals surface area (Å²) in [4.78, 5) is 23.9. The first-order chi connectivity index (χ1) is 9.01. The number of benzene rings is 1. The molecule has 1 amide bonds. The molecule has 104 valence electrons. The molecule has 0 aromatic heterocycles. The summed E-state index contributed by atoms with van der Waals surface area (Å²) in [7, 11) is 0. The predicted octanol–water partition coefficient (Wildman–Crippen LogP) is 1.29. The SMILES string of the molecule is CCN(CCO)C(=O)Cc1cccc([N+](=O)[O-])c1C. The van der Waals surface area contributed by atoms with Crippen LogP contribution in [0.1, 0.15) is 18.1 Å². The number of aliphatic hydroxyl groups excluding tert-OH is 1. The maximum atomic E-state index is 12.0. The van der Waals surface area contributed by atoms with Gasteiger partial charge in [0.05, 0.1) is 18.0 Å². The maximum absolute atomic E-state index is 12.0. The average molecular weight is 266 g/mol. The van der Waals surface area contributed by atoms with Gasteiger partial charge in [-0.2, -0.15) is 0 Å². The van der Waals surface area contributed by atoms with Gasteiger partial charge in [-0.15, -0.1) is 0 Å². The molecule has 0 saturated carbocycles. The van der Waals surface area contributed by atoms with Crippen LogP contribution >= 0.6 is 0 Å². The second-order valence-corrected chi connectivity index (χ2v) is 4.19. The molecule has 1 N–H and O–H groups in total. The van der Waals surface area contributed by atoms with Crippen LogP contribution in [0.4, 0.5) is 5.69 Å². The molecule has 1 aromatic carbocycles. The van der Waals surface area contributed by atoms with E-state index >= 15 is 0 Å². The van der Waals surface area contributed by atoms with Gasteiger partial charge in [0.15, 0.2) is 0 Å². The number of nitrogens with zero attached hydrogens (tertiary/aromatic N) is 2. The van der Waals surface area contributed by atoms with Crippen LogP contribution in [0.25, 0.3) is 0 Å². The Hall–Kier alpha value is -1.95. The molecule has 0 aliphatic carbocycles. The van der Waals surface area contributed by atoms with Gasteiger partial charge in [0, 0.05) is 24.7 Å². The van der Waals surface area contributed by atoms with Crippen molar-refractivity contribution in [3.05, 3.63) is 39.4 Å². The van der Waals surface area contributed by atoms with Gasteiger partial charge in [-0.1, -0.05) is 12.1 Å². The number of nitro groups is 1. The summed E-state index contributed by atoms with van der Waals surface area (Å²) in [6.45, 7) is 4.17. The van der Waals surface area contributed by atoms with Gasteiger partial charge in [-0.05, 0) is 19.4 Å². The zero-order chi connectivity index (χ0) is 14.4. The quantitative estimate of drug-likeness (QED) is 0.621. The lowest BCUT2D eigenvalue weighted by Crippen LogP contribution is -2.34. The fraction of sp³-hybridized carbons (Fsp3) is 0.462. The molecule has 0 atom stereocenters. The van der Waals surface area contributed by atoms with E-state index in [-0.39, 0.29) is 31.2 Å². The maximum Gasteiger partial charge on any atom is 0.272 e. The Balaban J connectivity index is 2.90. The monoisotopic (exact) mass is 266 g/mol. The molecule has 0 spiro atoms. The zero-order valence-corrected chi connectivity index (χ0v) is 11.1. The van der Waals surface area contributed by atoms with Crippen LogP contribution in [0.5, 0.6) is 0 Å². The summed E-state index contributed by atoms with van der Waals surface area (Å²) in [6, 6.07) is 4.72. The highest BCUT2D eigenvalue weighted by Gasteiger charge is 2.17. The van der Waals surface area contributed by atoms with Gasteiger partial charge < -0.3 is 10.0 Å². The number of nitro benzene ring substituents is 1. The molecule has 1 rings (SSSR count). The smallest absolute Gasteiger partial charge is 0.272 e. The van der Waals surface area contributed by atoms with Crippen LogP contribution in [-0.2, 0) is 11.2 Å². The van der Waals surface area contributed by atoms with E-state index in [4.69, 9.17) is 5.11 Å². The molecule has 0 aliphatic rings. The number of carbonyl (C=O) groups is 1. The predicted molar refractivity (Wildman–Crippen MR) is 70.9 cm³/mol. The van der Waals surface area contributed by atoms with Crippen LogP contribution in [0.3, 0.4) is 0 Å². The third kappa shape index (κ3) is 3.75. The lowest BCUT2D eigenvalue weighted by Gasteiger charge is -2.20. The molecule has 19 heavy (non-hydrogen) atoms. The Labute approximate surface area is 111 Å². The minimum Gasteiger partial charge on any atom is -0.395 e. The van der Waals surface area contributed by atoms with E-state index in [1.807, 2.05) is 6.92 Å². The van der Waals surface area contributed by atoms with E-state index in [2.05, 4.69) is 0 Å². The third-order valence-corrected chi connectivity index (χ3v) is 3.06. The van der Waals surface area contributed by atoms with Gasteiger partial charge >= 0.3 is 0 Å². The molecule has 6 heteroatoms. The molecule has 0 heterocycles. The summed E-state index contributed by atoms with van der Waals surface area (Å²) in [5.41, 5.74) is 1.19. The molecule has 0 aliphatic heterocycles. The first-order valence-electron chi connectivity index (χ1n) is 6.12. The Morgan fingerprint density at radius 2 is 2.16 bits per heavy atom. The Bertz CT molecular complexity index is 474. The molecule has 0 bridgehead atoms. The minimum absolute atomic E-state index is 0.0236. The van der Waals surface area contributed by atoms with Gasteiger partial charge in [0.25, 0.3) is 5.69 Å². The highest BCUT2D eigenvalue weighted by atomic mass is 16.6. The summed E-state index contributed by atoms with van der Waals surface area (Å²) in [5.74, 6) is -0.139. The molecule has 0 fully saturated rings. The van der Waals surface area contributed by atoms with Crippen LogP contribution < -0.4 is 0 Å². The van der Waals surface area contributed by atoms with E-state index < -0.39 is 4.92 Å². The summed E-state index contributed by atoms with van der Waals surface area (Å²) < 4.78 is 0. The largest absolute Gasteiger partial charge is 0.395 e. The van der Waals surface area contributed by atoms with Crippen LogP contribution in [0, 0.1) is 17.0 Å². The molecule has 0 radical (unpaired) electrons. The van der Waals surface area contributed by atoms with Crippen molar-refractivity contribution in [1.29, 1.82) is 0 Å². The van der Waals surface area contributed by atoms with Crippen molar-refractivity contribution in [3.8, 4) is 0 Å². The van der Waals surface area contributed by atoms with Crippen molar-refractivity contribution in [2.45, 2.75) is 20.3 Å². The average Bonchev–Trinajstić information content (AvgIpc) is 2.37. The third-order valence-electron chi connectivity index (χ3n) is 3.06. The zero-order valence-electron chi connectivity index (χ0n) is 11.1. The highest BCUT2D eigenvalue weighted by molar-refractivity contribution is 5.79. The van der Waals surface area contributed by atoms with Crippen LogP contribution in [-0.4, -0.2) is 40.5 Å². The molecule has 0 unspecified atom stereocenters. The number of likely N-dealkylation sites (N-methyl/N-ethyl adjacent to an activating group) is 1. The Kier molecular flexibility index (Phi) is 5.44. The van der Waals surface area contributed by atoms with Crippen molar-refractivity contribution in [2.24, 2.45) is 0 Å². The van der Waals surface area contributed by atoms with Crippen molar-refractivity contribution in [3.63, 3.8) is 0 Å². The molecule has 0 saturated heterocycles. The number of amides is 1. The van der Waals surface area contributed by atoms with Gasteiger partial charge in [-0.3, -0.25) is 14.9 Å². The number of hydrogen-bond donors (Lipinski definition) is 1. The van der Waals surface area contributed by atoms with Gasteiger partial charge in [0.2, 0.25) is 5.91 Å². The fourth-order valence-electron chi connectivity index (χ4n) is 1.91. The minimum atomic E-state index is -0.450. The normalized spacial score (nSPS) is 10.3. The summed E-state index contributed by atoms with van der Waals surface area (Å²) in [6.07, 6.45) is 0.112. The van der Waals surface area contributed by atoms with Crippen molar-refractivity contribution >= 4 is 11.6 Å². The topological polar surface area (TPSA) is 83.7 Å². The van der Waals surface area contributed by atoms with Crippen LogP contribution in [0.2, 0.25) is 0 Å². The fourth-order valence-corrected chi connectivity index (χ4v) is 1.91. The number of carbonyl (C=O) groups excluding carboxylic acids is 1. The summed E-state index contributed by atoms with van der Waals surface area (Å²) >= 11 is 0. The first kappa shape index (κ1) is 15.1. The standard InChI is InChI=1S/C13H18N2O4/c1-3-14(7-8-16)13(17)9-11-5-4-6-12(10(11)2)15(18)19/h4-6,16H,3,7-9H2,1-2H3. The molecule has 1 aromatic rings. The second kappa shape index (κ2) is 6.84. The number of hydrogen-bond acceptors (Lipinski definition) is 4. The van der Waals surface area contributed by atoms with Crippen molar-refractivity contribution in [2.75, 3.05) is 19.7 Å². The molecular formula is C13H18N2O4. The molecule has 6 nitrogen and oxygen atoms in total. The Morgan fingerprint density at radius 3 is 2.68 bits per heavy atom. The Morgan fingerprint density at radius 1 is 1.47 bits per heavy atom. The van der Waals surface area contributed by atoms with Gasteiger partial charge in [0.1, 0.15) is 0 Å². The molecular weight excluding hydrogens is 248 g/mol. The van der Waals surface area contributed by atoms with E-state index in [1.165, 1.54) is 11.0 Å². The van der Waals surface area contributed by atoms with E-state index in [0.29, 0.717) is 17.7 Å². The number of rotatable bonds is 6.